The van der Waals surface area contributed by atoms with Crippen LogP contribution in [-0.2, 0) is 9.47 Å². The third kappa shape index (κ3) is 2.15. The maximum Gasteiger partial charge on any atom is 0.163 e. The van der Waals surface area contributed by atoms with Crippen molar-refractivity contribution in [3.05, 3.63) is 0 Å². The molecule has 1 aliphatic heterocycles. The summed E-state index contributed by atoms with van der Waals surface area (Å²) in [6.07, 6.45) is 0.176. The first-order valence-corrected chi connectivity index (χ1v) is 4.07. The molecule has 2 N–H and O–H groups in total. The Morgan fingerprint density at radius 1 is 1.64 bits per heavy atom. The molecule has 1 saturated heterocycles. The molecule has 0 aromatic heterocycles. The molecule has 2 atom stereocenters. The number of nitrogens with two attached hydrogens (primary N) is 1. The summed E-state index contributed by atoms with van der Waals surface area (Å²) in [7, 11) is 0. The van der Waals surface area contributed by atoms with Crippen LogP contribution in [0.5, 0.6) is 0 Å². The highest BCUT2D eigenvalue weighted by atomic mass is 16.7. The average Bonchev–Trinajstić information content (AvgIpc) is 2.29. The van der Waals surface area contributed by atoms with Crippen LogP contribution in [0, 0.1) is 5.92 Å². The van der Waals surface area contributed by atoms with E-state index in [4.69, 9.17) is 15.2 Å². The second-order valence-corrected chi connectivity index (χ2v) is 3.58. The van der Waals surface area contributed by atoms with Gasteiger partial charge in [0.05, 0.1) is 12.7 Å². The first kappa shape index (κ1) is 8.97. The zero-order chi connectivity index (χ0) is 8.48. The Balaban J connectivity index is 2.41. The maximum atomic E-state index is 5.60. The maximum absolute atomic E-state index is 5.60. The number of hydrogen-bond acceptors (Lipinski definition) is 3. The second-order valence-electron chi connectivity index (χ2n) is 3.58. The van der Waals surface area contributed by atoms with Crippen molar-refractivity contribution < 1.29 is 9.47 Å². The van der Waals surface area contributed by atoms with Gasteiger partial charge in [0.1, 0.15) is 0 Å². The zero-order valence-corrected chi connectivity index (χ0v) is 7.46. The van der Waals surface area contributed by atoms with Crippen molar-refractivity contribution in [2.24, 2.45) is 11.7 Å². The molecule has 0 aromatic carbocycles. The fourth-order valence-electron chi connectivity index (χ4n) is 1.15. The summed E-state index contributed by atoms with van der Waals surface area (Å²) in [4.78, 5) is 0. The summed E-state index contributed by atoms with van der Waals surface area (Å²) in [6, 6.07) is 0. The predicted molar refractivity (Wildman–Crippen MR) is 43.1 cm³/mol. The third-order valence-electron chi connectivity index (χ3n) is 2.04. The first-order chi connectivity index (χ1) is 5.05. The molecular weight excluding hydrogens is 142 g/mol. The van der Waals surface area contributed by atoms with Gasteiger partial charge in [-0.3, -0.25) is 0 Å². The SMILES string of the molecule is CC(CN)C1COC(C)(C)O1. The lowest BCUT2D eigenvalue weighted by Crippen LogP contribution is -2.29. The smallest absolute Gasteiger partial charge is 0.163 e. The number of ether oxygens (including phenoxy) is 2. The molecule has 3 nitrogen and oxygen atoms in total. The predicted octanol–water partition coefficient (Wildman–Crippen LogP) is 0.733. The summed E-state index contributed by atoms with van der Waals surface area (Å²) in [5.74, 6) is -0.0227. The highest BCUT2D eigenvalue weighted by Gasteiger charge is 2.34. The van der Waals surface area contributed by atoms with Gasteiger partial charge < -0.3 is 15.2 Å². The van der Waals surface area contributed by atoms with Crippen LogP contribution in [0.1, 0.15) is 20.8 Å². The molecular formula is C8H17NO2. The molecule has 0 bridgehead atoms. The van der Waals surface area contributed by atoms with Crippen molar-refractivity contribution in [1.29, 1.82) is 0 Å². The largest absolute Gasteiger partial charge is 0.348 e. The highest BCUT2D eigenvalue weighted by Crippen LogP contribution is 2.25. The molecule has 0 aromatic rings. The molecule has 66 valence electrons. The van der Waals surface area contributed by atoms with Gasteiger partial charge in [0, 0.05) is 0 Å². The van der Waals surface area contributed by atoms with Gasteiger partial charge in [0.25, 0.3) is 0 Å². The van der Waals surface area contributed by atoms with Crippen LogP contribution in [0.15, 0.2) is 0 Å². The molecule has 0 aliphatic carbocycles. The highest BCUT2D eigenvalue weighted by molar-refractivity contribution is 4.75. The lowest BCUT2D eigenvalue weighted by Gasteiger charge is -2.19. The molecule has 1 fully saturated rings. The Bertz CT molecular complexity index is 136. The van der Waals surface area contributed by atoms with Crippen molar-refractivity contribution in [2.45, 2.75) is 32.7 Å². The fourth-order valence-corrected chi connectivity index (χ4v) is 1.15. The van der Waals surface area contributed by atoms with Crippen molar-refractivity contribution >= 4 is 0 Å². The molecule has 1 heterocycles. The van der Waals surface area contributed by atoms with Crippen LogP contribution in [0.4, 0.5) is 0 Å². The molecule has 3 heteroatoms. The van der Waals surface area contributed by atoms with Gasteiger partial charge >= 0.3 is 0 Å². The van der Waals surface area contributed by atoms with E-state index in [9.17, 15) is 0 Å². The Labute approximate surface area is 67.9 Å². The van der Waals surface area contributed by atoms with Gasteiger partial charge in [-0.25, -0.2) is 0 Å². The van der Waals surface area contributed by atoms with E-state index in [-0.39, 0.29) is 6.10 Å². The van der Waals surface area contributed by atoms with E-state index in [2.05, 4.69) is 6.92 Å². The van der Waals surface area contributed by atoms with Crippen molar-refractivity contribution in [1.82, 2.24) is 0 Å². The molecule has 1 aliphatic rings. The second kappa shape index (κ2) is 3.09. The van der Waals surface area contributed by atoms with E-state index < -0.39 is 5.79 Å². The summed E-state index contributed by atoms with van der Waals surface area (Å²) in [6.45, 7) is 7.26. The van der Waals surface area contributed by atoms with Crippen LogP contribution in [0.3, 0.4) is 0 Å². The molecule has 0 spiro atoms. The standard InChI is InChI=1S/C8H17NO2/c1-6(4-9)7-5-10-8(2,3)11-7/h6-7H,4-5,9H2,1-3H3. The van der Waals surface area contributed by atoms with E-state index in [0.717, 1.165) is 0 Å². The van der Waals surface area contributed by atoms with Crippen LogP contribution in [-0.4, -0.2) is 25.0 Å². The topological polar surface area (TPSA) is 44.5 Å². The minimum Gasteiger partial charge on any atom is -0.348 e. The van der Waals surface area contributed by atoms with Crippen LogP contribution in [0.25, 0.3) is 0 Å². The van der Waals surface area contributed by atoms with Crippen molar-refractivity contribution in [2.75, 3.05) is 13.2 Å². The van der Waals surface area contributed by atoms with Crippen molar-refractivity contribution in [3.63, 3.8) is 0 Å². The third-order valence-corrected chi connectivity index (χ3v) is 2.04. The van der Waals surface area contributed by atoms with Gasteiger partial charge in [-0.2, -0.15) is 0 Å². The summed E-state index contributed by atoms with van der Waals surface area (Å²) < 4.78 is 11.0. The Kier molecular flexibility index (Phi) is 2.52. The normalized spacial score (nSPS) is 32.2. The minimum atomic E-state index is -0.409. The Hall–Kier alpha value is -0.120. The van der Waals surface area contributed by atoms with Crippen LogP contribution >= 0.6 is 0 Å². The quantitative estimate of drug-likeness (QED) is 0.646. The molecule has 0 radical (unpaired) electrons. The molecule has 1 rings (SSSR count). The first-order valence-electron chi connectivity index (χ1n) is 4.07. The van der Waals surface area contributed by atoms with E-state index in [0.29, 0.717) is 19.1 Å². The number of rotatable bonds is 2. The van der Waals surface area contributed by atoms with Crippen LogP contribution in [0.2, 0.25) is 0 Å². The Morgan fingerprint density at radius 3 is 2.64 bits per heavy atom. The molecule has 0 saturated carbocycles. The van der Waals surface area contributed by atoms with E-state index in [1.807, 2.05) is 13.8 Å². The summed E-state index contributed by atoms with van der Waals surface area (Å²) in [5.41, 5.74) is 5.50. The molecule has 2 unspecified atom stereocenters. The lowest BCUT2D eigenvalue weighted by molar-refractivity contribution is -0.143. The number of hydrogen-bond donors (Lipinski definition) is 1. The van der Waals surface area contributed by atoms with E-state index in [1.165, 1.54) is 0 Å². The lowest BCUT2D eigenvalue weighted by atomic mass is 10.1. The summed E-state index contributed by atoms with van der Waals surface area (Å²) in [5, 5.41) is 0. The van der Waals surface area contributed by atoms with Gasteiger partial charge in [0.2, 0.25) is 0 Å². The van der Waals surface area contributed by atoms with E-state index >= 15 is 0 Å². The summed E-state index contributed by atoms with van der Waals surface area (Å²) >= 11 is 0. The minimum absolute atomic E-state index is 0.176. The fraction of sp³-hybridized carbons (Fsp3) is 1.00. The van der Waals surface area contributed by atoms with Gasteiger partial charge in [-0.05, 0) is 26.3 Å². The van der Waals surface area contributed by atoms with Crippen molar-refractivity contribution in [3.8, 4) is 0 Å². The van der Waals surface area contributed by atoms with Crippen LogP contribution < -0.4 is 5.73 Å². The Morgan fingerprint density at radius 2 is 2.27 bits per heavy atom. The monoisotopic (exact) mass is 159 g/mol. The average molecular weight is 159 g/mol. The molecule has 0 amide bonds. The van der Waals surface area contributed by atoms with Gasteiger partial charge in [-0.1, -0.05) is 6.92 Å². The van der Waals surface area contributed by atoms with E-state index in [1.54, 1.807) is 0 Å². The van der Waals surface area contributed by atoms with Gasteiger partial charge in [0.15, 0.2) is 5.79 Å². The molecule has 11 heavy (non-hydrogen) atoms. The van der Waals surface area contributed by atoms with Gasteiger partial charge in [-0.15, -0.1) is 0 Å². The zero-order valence-electron chi connectivity index (χ0n) is 7.46.